The Morgan fingerprint density at radius 1 is 0.923 bits per heavy atom. The summed E-state index contributed by atoms with van der Waals surface area (Å²) in [4.78, 5) is 9.32. The number of benzene rings is 2. The van der Waals surface area contributed by atoms with Crippen LogP contribution in [-0.2, 0) is 5.41 Å². The van der Waals surface area contributed by atoms with Gasteiger partial charge in [0.05, 0.1) is 21.8 Å². The standard InChI is InChI=1S/C29H24N6O2SSi/c1-29(2,3)27-33-20-12-15(7-8-21(20)36-27)23-25-17(9-10-32-23)18-11-16(13-30)22(19(14-31)24(18)37-25)26-34-35-28(38-26)39(4,5)6/h7-12H,1-6H3. The molecule has 0 aliphatic carbocycles. The molecule has 0 unspecified atom stereocenters. The largest absolute Gasteiger partial charge is 0.452 e. The Kier molecular flexibility index (Phi) is 5.47. The topological polar surface area (TPSA) is 125 Å². The molecular formula is C29H24N6O2SSi. The maximum absolute atomic E-state index is 10.3. The van der Waals surface area contributed by atoms with Crippen molar-refractivity contribution in [1.29, 1.82) is 10.5 Å². The van der Waals surface area contributed by atoms with Gasteiger partial charge in [0.1, 0.15) is 35.9 Å². The maximum Gasteiger partial charge on any atom is 0.200 e. The Hall–Kier alpha value is -4.38. The molecular weight excluding hydrogens is 525 g/mol. The molecule has 0 fully saturated rings. The molecule has 39 heavy (non-hydrogen) atoms. The van der Waals surface area contributed by atoms with Gasteiger partial charge in [-0.1, -0.05) is 40.4 Å². The van der Waals surface area contributed by atoms with Crippen LogP contribution in [0.5, 0.6) is 0 Å². The summed E-state index contributed by atoms with van der Waals surface area (Å²) in [5.74, 6) is 0.661. The van der Waals surface area contributed by atoms with E-state index in [1.807, 2.05) is 24.3 Å². The van der Waals surface area contributed by atoms with E-state index in [1.54, 1.807) is 12.3 Å². The quantitative estimate of drug-likeness (QED) is 0.219. The lowest BCUT2D eigenvalue weighted by Crippen LogP contribution is -2.37. The smallest absolute Gasteiger partial charge is 0.200 e. The van der Waals surface area contributed by atoms with Crippen LogP contribution in [0.2, 0.25) is 19.6 Å². The number of aromatic nitrogens is 4. The normalized spacial score (nSPS) is 12.3. The van der Waals surface area contributed by atoms with E-state index in [9.17, 15) is 10.5 Å². The molecule has 0 aliphatic rings. The molecule has 192 valence electrons. The lowest BCUT2D eigenvalue weighted by molar-refractivity contribution is 0.411. The van der Waals surface area contributed by atoms with Gasteiger partial charge < -0.3 is 8.83 Å². The lowest BCUT2D eigenvalue weighted by Gasteiger charge is -2.11. The second kappa shape index (κ2) is 8.57. The van der Waals surface area contributed by atoms with Gasteiger partial charge in [-0.25, -0.2) is 4.98 Å². The summed E-state index contributed by atoms with van der Waals surface area (Å²) >= 11 is 1.44. The summed E-state index contributed by atoms with van der Waals surface area (Å²) in [6.45, 7) is 12.7. The van der Waals surface area contributed by atoms with Gasteiger partial charge in [0.2, 0.25) is 5.89 Å². The van der Waals surface area contributed by atoms with Crippen LogP contribution < -0.4 is 4.63 Å². The molecule has 0 spiro atoms. The van der Waals surface area contributed by atoms with E-state index < -0.39 is 8.07 Å². The Balaban J connectivity index is 1.59. The van der Waals surface area contributed by atoms with Crippen molar-refractivity contribution in [2.45, 2.75) is 45.8 Å². The van der Waals surface area contributed by atoms with Crippen molar-refractivity contribution in [3.63, 3.8) is 0 Å². The first-order chi connectivity index (χ1) is 18.5. The molecule has 0 saturated heterocycles. The monoisotopic (exact) mass is 548 g/mol. The zero-order valence-corrected chi connectivity index (χ0v) is 24.2. The van der Waals surface area contributed by atoms with Crippen molar-refractivity contribution in [3.8, 4) is 34.0 Å². The molecule has 2 aromatic carbocycles. The summed E-state index contributed by atoms with van der Waals surface area (Å²) in [7, 11) is -1.72. The zero-order valence-electron chi connectivity index (χ0n) is 22.4. The maximum atomic E-state index is 10.3. The minimum Gasteiger partial charge on any atom is -0.452 e. The van der Waals surface area contributed by atoms with Gasteiger partial charge in [-0.05, 0) is 30.3 Å². The molecule has 6 rings (SSSR count). The van der Waals surface area contributed by atoms with Crippen LogP contribution in [0.15, 0.2) is 45.4 Å². The molecule has 6 aromatic rings. The Morgan fingerprint density at radius 2 is 1.72 bits per heavy atom. The number of hydrogen-bond acceptors (Lipinski definition) is 9. The van der Waals surface area contributed by atoms with Gasteiger partial charge in [-0.15, -0.1) is 21.5 Å². The molecule has 4 aromatic heterocycles. The molecule has 8 nitrogen and oxygen atoms in total. The van der Waals surface area contributed by atoms with Gasteiger partial charge in [-0.2, -0.15) is 10.5 Å². The van der Waals surface area contributed by atoms with Gasteiger partial charge in [0.15, 0.2) is 16.7 Å². The van der Waals surface area contributed by atoms with Crippen molar-refractivity contribution >= 4 is 57.1 Å². The number of oxazole rings is 1. The Bertz CT molecular complexity index is 2030. The van der Waals surface area contributed by atoms with E-state index >= 15 is 0 Å². The fourth-order valence-corrected chi connectivity index (χ4v) is 7.01. The third-order valence-corrected chi connectivity index (χ3v) is 10.8. The summed E-state index contributed by atoms with van der Waals surface area (Å²) in [5.41, 5.74) is 4.66. The number of fused-ring (bicyclic) bond motifs is 4. The first kappa shape index (κ1) is 24.9. The van der Waals surface area contributed by atoms with E-state index in [0.29, 0.717) is 49.9 Å². The minimum atomic E-state index is -1.72. The fourth-order valence-electron chi connectivity index (χ4n) is 4.48. The first-order valence-electron chi connectivity index (χ1n) is 12.4. The second-order valence-corrected chi connectivity index (χ2v) is 17.8. The van der Waals surface area contributed by atoms with E-state index in [1.165, 1.54) is 11.3 Å². The van der Waals surface area contributed by atoms with Crippen LogP contribution in [0.25, 0.3) is 54.9 Å². The number of furan rings is 1. The summed E-state index contributed by atoms with van der Waals surface area (Å²) < 4.78 is 13.3. The highest BCUT2D eigenvalue weighted by Gasteiger charge is 2.27. The third-order valence-electron chi connectivity index (χ3n) is 6.49. The van der Waals surface area contributed by atoms with Crippen LogP contribution in [0.3, 0.4) is 0 Å². The molecule has 0 radical (unpaired) electrons. The minimum absolute atomic E-state index is 0.219. The van der Waals surface area contributed by atoms with Crippen LogP contribution in [0.4, 0.5) is 0 Å². The molecule has 0 amide bonds. The van der Waals surface area contributed by atoms with E-state index in [-0.39, 0.29) is 11.0 Å². The zero-order chi connectivity index (χ0) is 27.7. The van der Waals surface area contributed by atoms with E-state index in [4.69, 9.17) is 13.8 Å². The molecule has 10 heteroatoms. The van der Waals surface area contributed by atoms with Crippen LogP contribution in [-0.4, -0.2) is 28.2 Å². The average molecular weight is 549 g/mol. The van der Waals surface area contributed by atoms with Gasteiger partial charge in [0.25, 0.3) is 0 Å². The number of nitrogens with zero attached hydrogens (tertiary/aromatic N) is 6. The van der Waals surface area contributed by atoms with Crippen LogP contribution in [0, 0.1) is 22.7 Å². The molecule has 4 heterocycles. The fraction of sp³-hybridized carbons (Fsp3) is 0.241. The van der Waals surface area contributed by atoms with E-state index in [0.717, 1.165) is 21.1 Å². The predicted octanol–water partition coefficient (Wildman–Crippen LogP) is 6.89. The van der Waals surface area contributed by atoms with Crippen LogP contribution >= 0.6 is 11.3 Å². The van der Waals surface area contributed by atoms with E-state index in [2.05, 4.69) is 67.7 Å². The number of hydrogen-bond donors (Lipinski definition) is 0. The van der Waals surface area contributed by atoms with Gasteiger partial charge in [-0.3, -0.25) is 4.98 Å². The molecule has 0 atom stereocenters. The van der Waals surface area contributed by atoms with Crippen molar-refractivity contribution in [3.05, 3.63) is 53.5 Å². The van der Waals surface area contributed by atoms with Crippen molar-refractivity contribution in [2.75, 3.05) is 0 Å². The average Bonchev–Trinajstić information content (AvgIpc) is 3.63. The van der Waals surface area contributed by atoms with Crippen molar-refractivity contribution in [2.24, 2.45) is 0 Å². The predicted molar refractivity (Wildman–Crippen MR) is 155 cm³/mol. The van der Waals surface area contributed by atoms with Crippen LogP contribution in [0.1, 0.15) is 37.8 Å². The van der Waals surface area contributed by atoms with Gasteiger partial charge >= 0.3 is 0 Å². The molecule has 0 saturated carbocycles. The third kappa shape index (κ3) is 4.00. The SMILES string of the molecule is CC(C)(C)c1nc2cc(-c3nccc4c3oc3c(C#N)c(-c5nnc([Si](C)(C)C)s5)c(C#N)cc34)ccc2o1. The molecule has 0 aliphatic heterocycles. The molecule has 0 N–H and O–H groups in total. The highest BCUT2D eigenvalue weighted by atomic mass is 32.1. The van der Waals surface area contributed by atoms with Crippen molar-refractivity contribution in [1.82, 2.24) is 20.2 Å². The molecule has 0 bridgehead atoms. The number of pyridine rings is 1. The van der Waals surface area contributed by atoms with Crippen molar-refractivity contribution < 1.29 is 8.83 Å². The number of nitriles is 2. The highest BCUT2D eigenvalue weighted by molar-refractivity contribution is 7.27. The summed E-state index contributed by atoms with van der Waals surface area (Å²) in [5, 5.41) is 31.1. The lowest BCUT2D eigenvalue weighted by atomic mass is 9.97. The second-order valence-electron chi connectivity index (χ2n) is 11.5. The summed E-state index contributed by atoms with van der Waals surface area (Å²) in [6.07, 6.45) is 1.71. The first-order valence-corrected chi connectivity index (χ1v) is 16.8. The summed E-state index contributed by atoms with van der Waals surface area (Å²) in [6, 6.07) is 13.9. The Morgan fingerprint density at radius 3 is 2.38 bits per heavy atom. The number of rotatable bonds is 3. The van der Waals surface area contributed by atoms with Gasteiger partial charge in [0, 0.05) is 27.9 Å². The Labute approximate surface area is 229 Å². The highest BCUT2D eigenvalue weighted by Crippen LogP contribution is 2.41.